The zero-order chi connectivity index (χ0) is 18.9. The molecule has 1 aliphatic carbocycles. The molecule has 1 aliphatic heterocycles. The number of likely N-dealkylation sites (tertiary alicyclic amines) is 1. The largest absolute Gasteiger partial charge is 0.394 e. The van der Waals surface area contributed by atoms with Crippen molar-refractivity contribution in [3.05, 3.63) is 71.3 Å². The molecule has 4 heteroatoms. The fourth-order valence-corrected chi connectivity index (χ4v) is 4.75. The fraction of sp³-hybridized carbons (Fsp3) is 0.435. The number of carbonyl (C=O) groups is 1. The standard InChI is InChI=1S/C23H28N2O2/c1-24(16-18-8-3-2-4-9-18)23(14-19-10-5-6-11-20(19)15-23)22(27)25-13-7-12-21(25)17-26/h2-6,8-11,21,26H,7,12-17H2,1H3/t21-/m0/s1. The van der Waals surface area contributed by atoms with Crippen molar-refractivity contribution in [2.75, 3.05) is 20.2 Å². The fourth-order valence-electron chi connectivity index (χ4n) is 4.75. The summed E-state index contributed by atoms with van der Waals surface area (Å²) in [5, 5.41) is 9.75. The first-order valence-electron chi connectivity index (χ1n) is 9.88. The van der Waals surface area contributed by atoms with Crippen LogP contribution in [0.1, 0.15) is 29.5 Å². The maximum absolute atomic E-state index is 13.8. The first-order chi connectivity index (χ1) is 13.1. The molecule has 1 amide bonds. The average molecular weight is 364 g/mol. The number of likely N-dealkylation sites (N-methyl/N-ethyl adjacent to an activating group) is 1. The molecule has 4 nitrogen and oxygen atoms in total. The van der Waals surface area contributed by atoms with Gasteiger partial charge in [0.05, 0.1) is 12.6 Å². The molecule has 1 N–H and O–H groups in total. The number of carbonyl (C=O) groups excluding carboxylic acids is 1. The minimum Gasteiger partial charge on any atom is -0.394 e. The molecule has 0 unspecified atom stereocenters. The highest BCUT2D eigenvalue weighted by molar-refractivity contribution is 5.89. The molecule has 0 radical (unpaired) electrons. The van der Waals surface area contributed by atoms with Crippen LogP contribution in [-0.4, -0.2) is 52.6 Å². The molecule has 0 bridgehead atoms. The van der Waals surface area contributed by atoms with Gasteiger partial charge in [0.1, 0.15) is 5.54 Å². The van der Waals surface area contributed by atoms with Crippen LogP contribution >= 0.6 is 0 Å². The van der Waals surface area contributed by atoms with Crippen molar-refractivity contribution in [3.63, 3.8) is 0 Å². The molecule has 142 valence electrons. The van der Waals surface area contributed by atoms with Gasteiger partial charge >= 0.3 is 0 Å². The van der Waals surface area contributed by atoms with Gasteiger partial charge in [-0.25, -0.2) is 0 Å². The van der Waals surface area contributed by atoms with Crippen LogP contribution in [0, 0.1) is 0 Å². The molecule has 1 atom stereocenters. The number of aliphatic hydroxyl groups excluding tert-OH is 1. The summed E-state index contributed by atoms with van der Waals surface area (Å²) in [6.45, 7) is 1.54. The molecule has 2 aromatic carbocycles. The monoisotopic (exact) mass is 364 g/mol. The minimum absolute atomic E-state index is 0.0387. The van der Waals surface area contributed by atoms with E-state index < -0.39 is 5.54 Å². The number of benzene rings is 2. The molecule has 0 aromatic heterocycles. The molecular weight excluding hydrogens is 336 g/mol. The smallest absolute Gasteiger partial charge is 0.244 e. The first kappa shape index (κ1) is 18.2. The Hall–Kier alpha value is -2.17. The number of hydrogen-bond donors (Lipinski definition) is 1. The number of amides is 1. The highest BCUT2D eigenvalue weighted by atomic mass is 16.3. The van der Waals surface area contributed by atoms with Crippen LogP contribution in [-0.2, 0) is 24.2 Å². The Morgan fingerprint density at radius 1 is 1.11 bits per heavy atom. The summed E-state index contributed by atoms with van der Waals surface area (Å²) in [7, 11) is 2.07. The second-order valence-corrected chi connectivity index (χ2v) is 7.97. The minimum atomic E-state index is -0.572. The molecule has 1 saturated heterocycles. The maximum Gasteiger partial charge on any atom is 0.244 e. The summed E-state index contributed by atoms with van der Waals surface area (Å²) in [5.41, 5.74) is 3.18. The number of nitrogens with zero attached hydrogens (tertiary/aromatic N) is 2. The van der Waals surface area contributed by atoms with Gasteiger partial charge in [0.2, 0.25) is 5.91 Å². The predicted octanol–water partition coefficient (Wildman–Crippen LogP) is 2.64. The van der Waals surface area contributed by atoms with Crippen LogP contribution in [0.15, 0.2) is 54.6 Å². The highest BCUT2D eigenvalue weighted by Crippen LogP contribution is 2.38. The summed E-state index contributed by atoms with van der Waals surface area (Å²) in [5.74, 6) is 0.175. The topological polar surface area (TPSA) is 43.8 Å². The van der Waals surface area contributed by atoms with E-state index in [1.807, 2.05) is 23.1 Å². The van der Waals surface area contributed by atoms with Gasteiger partial charge in [-0.3, -0.25) is 9.69 Å². The Kier molecular flexibility index (Phi) is 5.02. The molecule has 0 spiro atoms. The van der Waals surface area contributed by atoms with Crippen LogP contribution in [0.4, 0.5) is 0 Å². The molecule has 1 fully saturated rings. The Labute approximate surface area is 161 Å². The van der Waals surface area contributed by atoms with E-state index in [0.29, 0.717) is 0 Å². The van der Waals surface area contributed by atoms with E-state index in [-0.39, 0.29) is 18.6 Å². The van der Waals surface area contributed by atoms with Gasteiger partial charge < -0.3 is 10.0 Å². The maximum atomic E-state index is 13.8. The SMILES string of the molecule is CN(Cc1ccccc1)C1(C(=O)N2CCC[C@H]2CO)Cc2ccccc2C1. The lowest BCUT2D eigenvalue weighted by atomic mass is 9.90. The zero-order valence-electron chi connectivity index (χ0n) is 16.0. The van der Waals surface area contributed by atoms with Gasteiger partial charge in [-0.05, 0) is 36.6 Å². The average Bonchev–Trinajstić information content (AvgIpc) is 3.33. The molecule has 27 heavy (non-hydrogen) atoms. The normalized spacial score (nSPS) is 20.9. The quantitative estimate of drug-likeness (QED) is 0.887. The van der Waals surface area contributed by atoms with Crippen LogP contribution < -0.4 is 0 Å². The lowest BCUT2D eigenvalue weighted by molar-refractivity contribution is -0.145. The third kappa shape index (κ3) is 3.28. The third-order valence-corrected chi connectivity index (χ3v) is 6.32. The van der Waals surface area contributed by atoms with Gasteiger partial charge in [0.15, 0.2) is 0 Å². The molecule has 1 heterocycles. The van der Waals surface area contributed by atoms with Crippen molar-refractivity contribution in [1.29, 1.82) is 0 Å². The second-order valence-electron chi connectivity index (χ2n) is 7.97. The van der Waals surface area contributed by atoms with E-state index in [4.69, 9.17) is 0 Å². The summed E-state index contributed by atoms with van der Waals surface area (Å²) >= 11 is 0. The van der Waals surface area contributed by atoms with Crippen molar-refractivity contribution >= 4 is 5.91 Å². The summed E-state index contributed by atoms with van der Waals surface area (Å²) in [6.07, 6.45) is 3.34. The molecule has 0 saturated carbocycles. The number of aliphatic hydroxyl groups is 1. The molecule has 2 aromatic rings. The van der Waals surface area contributed by atoms with Crippen molar-refractivity contribution < 1.29 is 9.90 Å². The van der Waals surface area contributed by atoms with E-state index >= 15 is 0 Å². The summed E-state index contributed by atoms with van der Waals surface area (Å²) in [4.78, 5) is 18.0. The van der Waals surface area contributed by atoms with Gasteiger partial charge in [0.25, 0.3) is 0 Å². The van der Waals surface area contributed by atoms with Crippen molar-refractivity contribution in [1.82, 2.24) is 9.80 Å². The van der Waals surface area contributed by atoms with Gasteiger partial charge in [-0.2, -0.15) is 0 Å². The van der Waals surface area contributed by atoms with Crippen molar-refractivity contribution in [2.24, 2.45) is 0 Å². The van der Waals surface area contributed by atoms with Gasteiger partial charge in [0, 0.05) is 25.9 Å². The Bertz CT molecular complexity index is 780. The summed E-state index contributed by atoms with van der Waals surface area (Å²) < 4.78 is 0. The Morgan fingerprint density at radius 2 is 1.74 bits per heavy atom. The zero-order valence-corrected chi connectivity index (χ0v) is 16.0. The van der Waals surface area contributed by atoms with Crippen LogP contribution in [0.25, 0.3) is 0 Å². The third-order valence-electron chi connectivity index (χ3n) is 6.32. The van der Waals surface area contributed by atoms with Gasteiger partial charge in [-0.1, -0.05) is 54.6 Å². The van der Waals surface area contributed by atoms with Crippen molar-refractivity contribution in [3.8, 4) is 0 Å². The van der Waals surface area contributed by atoms with E-state index in [1.165, 1.54) is 16.7 Å². The van der Waals surface area contributed by atoms with E-state index in [0.717, 1.165) is 38.8 Å². The first-order valence-corrected chi connectivity index (χ1v) is 9.88. The van der Waals surface area contributed by atoms with Crippen LogP contribution in [0.3, 0.4) is 0 Å². The molecule has 4 rings (SSSR count). The van der Waals surface area contributed by atoms with E-state index in [1.54, 1.807) is 0 Å². The lowest BCUT2D eigenvalue weighted by Gasteiger charge is -2.41. The summed E-state index contributed by atoms with van der Waals surface area (Å²) in [6, 6.07) is 18.7. The number of rotatable bonds is 5. The van der Waals surface area contributed by atoms with Crippen LogP contribution in [0.2, 0.25) is 0 Å². The number of hydrogen-bond acceptors (Lipinski definition) is 3. The lowest BCUT2D eigenvalue weighted by Crippen LogP contribution is -2.60. The second kappa shape index (κ2) is 7.45. The predicted molar refractivity (Wildman–Crippen MR) is 106 cm³/mol. The Morgan fingerprint density at radius 3 is 2.37 bits per heavy atom. The van der Waals surface area contributed by atoms with Crippen LogP contribution in [0.5, 0.6) is 0 Å². The van der Waals surface area contributed by atoms with Gasteiger partial charge in [-0.15, -0.1) is 0 Å². The van der Waals surface area contributed by atoms with Crippen molar-refractivity contribution in [2.45, 2.75) is 43.8 Å². The number of fused-ring (bicyclic) bond motifs is 1. The molecule has 2 aliphatic rings. The highest BCUT2D eigenvalue weighted by Gasteiger charge is 2.50. The Balaban J connectivity index is 1.67. The van der Waals surface area contributed by atoms with E-state index in [9.17, 15) is 9.90 Å². The van der Waals surface area contributed by atoms with E-state index in [2.05, 4.69) is 48.3 Å². The molecular formula is C23H28N2O2.